The molecule has 0 bridgehead atoms. The van der Waals surface area contributed by atoms with E-state index in [9.17, 15) is 8.42 Å². The number of rotatable bonds is 4. The number of thiocarbonyl (C=S) groups is 1. The van der Waals surface area contributed by atoms with Gasteiger partial charge >= 0.3 is 0 Å². The molecule has 0 saturated carbocycles. The van der Waals surface area contributed by atoms with E-state index in [0.717, 1.165) is 0 Å². The van der Waals surface area contributed by atoms with E-state index in [2.05, 4.69) is 14.9 Å². The standard InChI is InChI=1S/C10H9ClN4O2S2/c11-6-1-2-7(10(12)18)8(5-6)15-19(16,17)9-3-4-13-14-9/h1-5,15H,(H2,12,18)(H,13,14). The van der Waals surface area contributed by atoms with Crippen LogP contribution in [-0.4, -0.2) is 23.6 Å². The SMILES string of the molecule is NC(=S)c1ccc(Cl)cc1NS(=O)(=O)c1ccn[nH]1. The molecule has 1 heterocycles. The summed E-state index contributed by atoms with van der Waals surface area (Å²) < 4.78 is 26.4. The lowest BCUT2D eigenvalue weighted by Crippen LogP contribution is -2.18. The van der Waals surface area contributed by atoms with E-state index >= 15 is 0 Å². The molecule has 0 saturated heterocycles. The van der Waals surface area contributed by atoms with Gasteiger partial charge in [-0.25, -0.2) is 0 Å². The molecule has 0 atom stereocenters. The second kappa shape index (κ2) is 5.16. The zero-order chi connectivity index (χ0) is 14.0. The molecule has 2 aromatic rings. The molecule has 0 aliphatic rings. The highest BCUT2D eigenvalue weighted by atomic mass is 35.5. The fraction of sp³-hybridized carbons (Fsp3) is 0. The highest BCUT2D eigenvalue weighted by Gasteiger charge is 2.18. The van der Waals surface area contributed by atoms with E-state index < -0.39 is 10.0 Å². The van der Waals surface area contributed by atoms with E-state index in [-0.39, 0.29) is 15.7 Å². The number of sulfonamides is 1. The van der Waals surface area contributed by atoms with E-state index in [1.807, 2.05) is 0 Å². The fourth-order valence-corrected chi connectivity index (χ4v) is 2.74. The van der Waals surface area contributed by atoms with Gasteiger partial charge in [-0.15, -0.1) is 0 Å². The molecular formula is C10H9ClN4O2S2. The van der Waals surface area contributed by atoms with E-state index in [4.69, 9.17) is 29.6 Å². The summed E-state index contributed by atoms with van der Waals surface area (Å²) in [5.41, 5.74) is 6.14. The van der Waals surface area contributed by atoms with Crippen LogP contribution in [0.3, 0.4) is 0 Å². The first kappa shape index (κ1) is 13.8. The van der Waals surface area contributed by atoms with Gasteiger partial charge in [0.25, 0.3) is 10.0 Å². The highest BCUT2D eigenvalue weighted by Crippen LogP contribution is 2.23. The molecule has 0 aliphatic heterocycles. The average molecular weight is 317 g/mol. The van der Waals surface area contributed by atoms with Crippen molar-refractivity contribution in [3.05, 3.63) is 41.0 Å². The number of nitrogens with two attached hydrogens (primary N) is 1. The van der Waals surface area contributed by atoms with E-state index in [1.165, 1.54) is 18.3 Å². The lowest BCUT2D eigenvalue weighted by Gasteiger charge is -2.11. The van der Waals surface area contributed by atoms with Gasteiger partial charge in [-0.05, 0) is 24.3 Å². The van der Waals surface area contributed by atoms with Crippen LogP contribution in [0.5, 0.6) is 0 Å². The molecule has 0 spiro atoms. The number of aromatic amines is 1. The fourth-order valence-electron chi connectivity index (χ4n) is 1.41. The normalized spacial score (nSPS) is 11.2. The minimum absolute atomic E-state index is 0.0682. The molecule has 9 heteroatoms. The van der Waals surface area contributed by atoms with Crippen LogP contribution < -0.4 is 10.5 Å². The minimum Gasteiger partial charge on any atom is -0.389 e. The smallest absolute Gasteiger partial charge is 0.278 e. The monoisotopic (exact) mass is 316 g/mol. The quantitative estimate of drug-likeness (QED) is 0.742. The number of H-pyrrole nitrogens is 1. The number of hydrogen-bond donors (Lipinski definition) is 3. The molecule has 100 valence electrons. The molecule has 0 amide bonds. The summed E-state index contributed by atoms with van der Waals surface area (Å²) in [6, 6.07) is 5.89. The first-order valence-electron chi connectivity index (χ1n) is 5.02. The molecule has 6 nitrogen and oxygen atoms in total. The maximum atomic E-state index is 12.0. The summed E-state index contributed by atoms with van der Waals surface area (Å²) in [4.78, 5) is 0.0685. The van der Waals surface area contributed by atoms with Gasteiger partial charge in [-0.1, -0.05) is 23.8 Å². The lowest BCUT2D eigenvalue weighted by molar-refractivity contribution is 0.597. The summed E-state index contributed by atoms with van der Waals surface area (Å²) in [7, 11) is -3.78. The van der Waals surface area contributed by atoms with Crippen LogP contribution in [-0.2, 0) is 10.0 Å². The molecule has 0 radical (unpaired) electrons. The first-order chi connectivity index (χ1) is 8.90. The van der Waals surface area contributed by atoms with Gasteiger partial charge in [0.15, 0.2) is 5.03 Å². The largest absolute Gasteiger partial charge is 0.389 e. The summed E-state index contributed by atoms with van der Waals surface area (Å²) in [6.07, 6.45) is 1.33. The van der Waals surface area contributed by atoms with Crippen LogP contribution >= 0.6 is 23.8 Å². The van der Waals surface area contributed by atoms with Crippen LogP contribution in [0.4, 0.5) is 5.69 Å². The molecule has 1 aromatic carbocycles. The first-order valence-corrected chi connectivity index (χ1v) is 7.28. The minimum atomic E-state index is -3.78. The van der Waals surface area contributed by atoms with Crippen molar-refractivity contribution in [3.8, 4) is 0 Å². The van der Waals surface area contributed by atoms with Gasteiger partial charge in [0, 0.05) is 10.6 Å². The number of anilines is 1. The molecule has 0 fully saturated rings. The Kier molecular flexibility index (Phi) is 3.74. The average Bonchev–Trinajstić information content (AvgIpc) is 2.81. The van der Waals surface area contributed by atoms with Crippen LogP contribution in [0.2, 0.25) is 5.02 Å². The third-order valence-electron chi connectivity index (χ3n) is 2.26. The Balaban J connectivity index is 2.44. The van der Waals surface area contributed by atoms with Gasteiger partial charge in [-0.3, -0.25) is 9.82 Å². The maximum absolute atomic E-state index is 12.0. The van der Waals surface area contributed by atoms with Gasteiger partial charge in [0.1, 0.15) is 4.99 Å². The number of aromatic nitrogens is 2. The van der Waals surface area contributed by atoms with E-state index in [0.29, 0.717) is 10.6 Å². The summed E-state index contributed by atoms with van der Waals surface area (Å²) in [5.74, 6) is 0. The van der Waals surface area contributed by atoms with Gasteiger partial charge < -0.3 is 5.73 Å². The number of hydrogen-bond acceptors (Lipinski definition) is 4. The van der Waals surface area contributed by atoms with Crippen molar-refractivity contribution in [2.75, 3.05) is 4.72 Å². The molecule has 4 N–H and O–H groups in total. The van der Waals surface area contributed by atoms with Crippen molar-refractivity contribution in [2.24, 2.45) is 5.73 Å². The van der Waals surface area contributed by atoms with Crippen LogP contribution in [0.25, 0.3) is 0 Å². The molecule has 19 heavy (non-hydrogen) atoms. The number of halogens is 1. The molecule has 0 aliphatic carbocycles. The third-order valence-corrected chi connectivity index (χ3v) is 4.01. The summed E-state index contributed by atoms with van der Waals surface area (Å²) >= 11 is 10.7. The van der Waals surface area contributed by atoms with Gasteiger partial charge in [-0.2, -0.15) is 13.5 Å². The molecule has 1 aromatic heterocycles. The Morgan fingerprint density at radius 1 is 1.42 bits per heavy atom. The Morgan fingerprint density at radius 2 is 2.16 bits per heavy atom. The third kappa shape index (κ3) is 3.03. The zero-order valence-electron chi connectivity index (χ0n) is 9.42. The van der Waals surface area contributed by atoms with Crippen molar-refractivity contribution in [1.82, 2.24) is 10.2 Å². The van der Waals surface area contributed by atoms with Gasteiger partial charge in [0.05, 0.1) is 11.9 Å². The number of nitrogens with one attached hydrogen (secondary N) is 2. The summed E-state index contributed by atoms with van der Waals surface area (Å²) in [5, 5.41) is 6.24. The van der Waals surface area contributed by atoms with Gasteiger partial charge in [0.2, 0.25) is 0 Å². The Morgan fingerprint density at radius 3 is 2.74 bits per heavy atom. The predicted octanol–water partition coefficient (Wildman–Crippen LogP) is 1.50. The zero-order valence-corrected chi connectivity index (χ0v) is 11.8. The van der Waals surface area contributed by atoms with Crippen LogP contribution in [0.1, 0.15) is 5.56 Å². The van der Waals surface area contributed by atoms with E-state index in [1.54, 1.807) is 12.1 Å². The van der Waals surface area contributed by atoms with Crippen LogP contribution in [0.15, 0.2) is 35.5 Å². The number of benzene rings is 1. The van der Waals surface area contributed by atoms with Crippen LogP contribution in [0, 0.1) is 0 Å². The highest BCUT2D eigenvalue weighted by molar-refractivity contribution is 7.92. The molecular weight excluding hydrogens is 308 g/mol. The van der Waals surface area contributed by atoms with Crippen molar-refractivity contribution < 1.29 is 8.42 Å². The Labute approximate surface area is 120 Å². The second-order valence-electron chi connectivity index (χ2n) is 3.58. The van der Waals surface area contributed by atoms with Crippen molar-refractivity contribution in [3.63, 3.8) is 0 Å². The summed E-state index contributed by atoms with van der Waals surface area (Å²) in [6.45, 7) is 0. The number of nitrogens with zero attached hydrogens (tertiary/aromatic N) is 1. The molecule has 0 unspecified atom stereocenters. The second-order valence-corrected chi connectivity index (χ2v) is 6.11. The lowest BCUT2D eigenvalue weighted by atomic mass is 10.2. The Bertz CT molecular complexity index is 713. The maximum Gasteiger partial charge on any atom is 0.278 e. The topological polar surface area (TPSA) is 101 Å². The Hall–Kier alpha value is -1.64. The predicted molar refractivity (Wildman–Crippen MR) is 76.7 cm³/mol. The van der Waals surface area contributed by atoms with Crippen molar-refractivity contribution >= 4 is 44.5 Å². The van der Waals surface area contributed by atoms with Crippen molar-refractivity contribution in [1.29, 1.82) is 0 Å². The van der Waals surface area contributed by atoms with Crippen molar-refractivity contribution in [2.45, 2.75) is 5.03 Å². The molecule has 2 rings (SSSR count).